The molecule has 0 aliphatic rings. The average molecular weight is 320 g/mol. The number of rotatable bonds is 3. The lowest BCUT2D eigenvalue weighted by Gasteiger charge is -2.14. The van der Waals surface area contributed by atoms with E-state index < -0.39 is 0 Å². The van der Waals surface area contributed by atoms with Crippen molar-refractivity contribution in [2.75, 3.05) is 0 Å². The molecule has 0 saturated heterocycles. The van der Waals surface area contributed by atoms with Gasteiger partial charge in [-0.3, -0.25) is 0 Å². The lowest BCUT2D eigenvalue weighted by atomic mass is 10.3. The van der Waals surface area contributed by atoms with Crippen LogP contribution < -0.4 is 0 Å². The SMILES string of the molecule is CCC(C)Sc1c(Cl)c(Cl)c(O)c(Cl)c1Cl. The molecule has 90 valence electrons. The molecule has 1 N–H and O–H groups in total. The minimum absolute atomic E-state index is 0.0434. The molecule has 0 radical (unpaired) electrons. The zero-order valence-corrected chi connectivity index (χ0v) is 12.5. The molecule has 1 atom stereocenters. The zero-order valence-electron chi connectivity index (χ0n) is 8.65. The summed E-state index contributed by atoms with van der Waals surface area (Å²) in [7, 11) is 0. The van der Waals surface area contributed by atoms with E-state index >= 15 is 0 Å². The van der Waals surface area contributed by atoms with Gasteiger partial charge in [-0.25, -0.2) is 0 Å². The number of benzene rings is 1. The molecular weight excluding hydrogens is 310 g/mol. The van der Waals surface area contributed by atoms with Crippen LogP contribution in [-0.2, 0) is 0 Å². The van der Waals surface area contributed by atoms with E-state index in [1.165, 1.54) is 11.8 Å². The number of hydrogen-bond acceptors (Lipinski definition) is 2. The van der Waals surface area contributed by atoms with Gasteiger partial charge in [0.05, 0.1) is 10.0 Å². The fourth-order valence-electron chi connectivity index (χ4n) is 0.988. The van der Waals surface area contributed by atoms with Crippen LogP contribution in [0.1, 0.15) is 20.3 Å². The largest absolute Gasteiger partial charge is 0.505 e. The molecule has 0 aliphatic carbocycles. The molecular formula is C10H10Cl4OS. The zero-order chi connectivity index (χ0) is 12.5. The number of phenolic OH excluding ortho intramolecular Hbond substituents is 1. The highest BCUT2D eigenvalue weighted by Gasteiger charge is 2.21. The van der Waals surface area contributed by atoms with Crippen molar-refractivity contribution in [3.63, 3.8) is 0 Å². The molecule has 0 aliphatic heterocycles. The Morgan fingerprint density at radius 3 is 1.88 bits per heavy atom. The van der Waals surface area contributed by atoms with Crippen LogP contribution in [0.15, 0.2) is 4.90 Å². The Kier molecular flexibility index (Phi) is 5.40. The first-order valence-electron chi connectivity index (χ1n) is 4.61. The highest BCUT2D eigenvalue weighted by Crippen LogP contribution is 2.49. The van der Waals surface area contributed by atoms with Crippen LogP contribution in [0.5, 0.6) is 5.75 Å². The first kappa shape index (κ1) is 14.6. The Hall–Kier alpha value is 0.530. The topological polar surface area (TPSA) is 20.2 Å². The number of hydrogen-bond donors (Lipinski definition) is 1. The standard InChI is InChI=1S/C10H10Cl4OS/c1-3-4(2)16-10-7(13)5(11)9(15)6(12)8(10)14/h4,15H,3H2,1-2H3. The normalized spacial score (nSPS) is 12.9. The summed E-state index contributed by atoms with van der Waals surface area (Å²) in [4.78, 5) is 0.616. The summed E-state index contributed by atoms with van der Waals surface area (Å²) in [6, 6.07) is 0. The summed E-state index contributed by atoms with van der Waals surface area (Å²) < 4.78 is 0. The van der Waals surface area contributed by atoms with Gasteiger partial charge in [-0.2, -0.15) is 0 Å². The molecule has 0 spiro atoms. The van der Waals surface area contributed by atoms with Crippen LogP contribution >= 0.6 is 58.2 Å². The van der Waals surface area contributed by atoms with Gasteiger partial charge in [0.15, 0.2) is 5.75 Å². The van der Waals surface area contributed by atoms with Crippen molar-refractivity contribution in [1.82, 2.24) is 0 Å². The minimum Gasteiger partial charge on any atom is -0.505 e. The average Bonchev–Trinajstić information content (AvgIpc) is 2.29. The Balaban J connectivity index is 3.28. The van der Waals surface area contributed by atoms with Gasteiger partial charge in [-0.1, -0.05) is 60.3 Å². The lowest BCUT2D eigenvalue weighted by molar-refractivity contribution is 0.475. The summed E-state index contributed by atoms with van der Waals surface area (Å²) in [5.41, 5.74) is 0. The van der Waals surface area contributed by atoms with Crippen molar-refractivity contribution in [1.29, 1.82) is 0 Å². The molecule has 0 fully saturated rings. The number of thioether (sulfide) groups is 1. The molecule has 0 amide bonds. The molecule has 0 heterocycles. The molecule has 1 nitrogen and oxygen atoms in total. The molecule has 16 heavy (non-hydrogen) atoms. The quantitative estimate of drug-likeness (QED) is 0.553. The second kappa shape index (κ2) is 5.92. The summed E-state index contributed by atoms with van der Waals surface area (Å²) in [6.07, 6.45) is 0.966. The van der Waals surface area contributed by atoms with Gasteiger partial charge < -0.3 is 5.11 Å². The van der Waals surface area contributed by atoms with Crippen molar-refractivity contribution in [2.24, 2.45) is 0 Å². The van der Waals surface area contributed by atoms with E-state index in [-0.39, 0.29) is 25.8 Å². The Morgan fingerprint density at radius 2 is 1.50 bits per heavy atom. The number of phenols is 1. The maximum absolute atomic E-state index is 9.54. The van der Waals surface area contributed by atoms with Crippen LogP contribution in [0.3, 0.4) is 0 Å². The number of halogens is 4. The summed E-state index contributed by atoms with van der Waals surface area (Å²) in [6.45, 7) is 4.11. The highest BCUT2D eigenvalue weighted by molar-refractivity contribution is 8.00. The van der Waals surface area contributed by atoms with E-state index in [2.05, 4.69) is 6.92 Å². The van der Waals surface area contributed by atoms with E-state index in [0.717, 1.165) is 6.42 Å². The van der Waals surface area contributed by atoms with Crippen molar-refractivity contribution < 1.29 is 5.11 Å². The molecule has 1 aromatic carbocycles. The minimum atomic E-state index is -0.271. The second-order valence-corrected chi connectivity index (χ2v) is 6.23. The first-order chi connectivity index (χ1) is 7.40. The smallest absolute Gasteiger partial charge is 0.155 e. The third-order valence-electron chi connectivity index (χ3n) is 2.09. The maximum Gasteiger partial charge on any atom is 0.155 e. The van der Waals surface area contributed by atoms with Crippen molar-refractivity contribution in [3.8, 4) is 5.75 Å². The van der Waals surface area contributed by atoms with Crippen molar-refractivity contribution in [3.05, 3.63) is 20.1 Å². The lowest BCUT2D eigenvalue weighted by Crippen LogP contribution is -1.94. The predicted molar refractivity (Wildman–Crippen MR) is 73.8 cm³/mol. The van der Waals surface area contributed by atoms with E-state index in [0.29, 0.717) is 10.1 Å². The monoisotopic (exact) mass is 318 g/mol. The summed E-state index contributed by atoms with van der Waals surface area (Å²) in [5.74, 6) is -0.271. The Labute approximate surface area is 119 Å². The van der Waals surface area contributed by atoms with Gasteiger partial charge >= 0.3 is 0 Å². The first-order valence-corrected chi connectivity index (χ1v) is 7.00. The van der Waals surface area contributed by atoms with Gasteiger partial charge in [0, 0.05) is 10.1 Å². The van der Waals surface area contributed by atoms with Gasteiger partial charge in [-0.05, 0) is 6.42 Å². The molecule has 0 aromatic heterocycles. The molecule has 6 heteroatoms. The van der Waals surface area contributed by atoms with Gasteiger partial charge in [-0.15, -0.1) is 11.8 Å². The fourth-order valence-corrected chi connectivity index (χ4v) is 3.19. The third-order valence-corrected chi connectivity index (χ3v) is 5.38. The molecule has 1 unspecified atom stereocenters. The predicted octanol–water partition coefficient (Wildman–Crippen LogP) is 5.90. The summed E-state index contributed by atoms with van der Waals surface area (Å²) >= 11 is 25.2. The van der Waals surface area contributed by atoms with Gasteiger partial charge in [0.2, 0.25) is 0 Å². The van der Waals surface area contributed by atoms with Crippen molar-refractivity contribution in [2.45, 2.75) is 30.4 Å². The Bertz CT molecular complexity index is 379. The molecule has 1 aromatic rings. The van der Waals surface area contributed by atoms with Crippen LogP contribution in [-0.4, -0.2) is 10.4 Å². The van der Waals surface area contributed by atoms with Crippen molar-refractivity contribution >= 4 is 58.2 Å². The van der Waals surface area contributed by atoms with E-state index in [9.17, 15) is 5.11 Å². The molecule has 1 rings (SSSR count). The molecule has 0 saturated carbocycles. The Morgan fingerprint density at radius 1 is 1.06 bits per heavy atom. The van der Waals surface area contributed by atoms with E-state index in [1.807, 2.05) is 6.92 Å². The van der Waals surface area contributed by atoms with Gasteiger partial charge in [0.25, 0.3) is 0 Å². The van der Waals surface area contributed by atoms with Crippen LogP contribution in [0, 0.1) is 0 Å². The van der Waals surface area contributed by atoms with E-state index in [1.54, 1.807) is 0 Å². The van der Waals surface area contributed by atoms with Crippen LogP contribution in [0.25, 0.3) is 0 Å². The van der Waals surface area contributed by atoms with E-state index in [4.69, 9.17) is 46.4 Å². The molecule has 0 bridgehead atoms. The third kappa shape index (κ3) is 2.85. The summed E-state index contributed by atoms with van der Waals surface area (Å²) in [5, 5.41) is 10.5. The van der Waals surface area contributed by atoms with Crippen LogP contribution in [0.2, 0.25) is 20.1 Å². The fraction of sp³-hybridized carbons (Fsp3) is 0.400. The van der Waals surface area contributed by atoms with Gasteiger partial charge in [0.1, 0.15) is 10.0 Å². The number of aromatic hydroxyl groups is 1. The second-order valence-electron chi connectivity index (χ2n) is 3.27. The maximum atomic E-state index is 9.54. The van der Waals surface area contributed by atoms with Crippen LogP contribution in [0.4, 0.5) is 0 Å². The highest BCUT2D eigenvalue weighted by atomic mass is 35.5.